The van der Waals surface area contributed by atoms with Crippen molar-refractivity contribution >= 4 is 79.7 Å². The first-order valence-corrected chi connectivity index (χ1v) is 10.1. The summed E-state index contributed by atoms with van der Waals surface area (Å²) in [7, 11) is 0. The van der Waals surface area contributed by atoms with Gasteiger partial charge in [0.1, 0.15) is 5.75 Å². The van der Waals surface area contributed by atoms with Crippen LogP contribution < -0.4 is 10.1 Å². The molecule has 1 aliphatic rings. The van der Waals surface area contributed by atoms with Gasteiger partial charge in [-0.2, -0.15) is 0 Å². The summed E-state index contributed by atoms with van der Waals surface area (Å²) in [6, 6.07) is 10.1. The van der Waals surface area contributed by atoms with Crippen molar-refractivity contribution in [2.75, 3.05) is 6.61 Å². The molecule has 0 atom stereocenters. The fourth-order valence-corrected chi connectivity index (χ4v) is 3.76. The highest BCUT2D eigenvalue weighted by Gasteiger charge is 2.25. The summed E-state index contributed by atoms with van der Waals surface area (Å²) in [5, 5.41) is 12.5. The van der Waals surface area contributed by atoms with Crippen LogP contribution in [-0.2, 0) is 9.59 Å². The summed E-state index contributed by atoms with van der Waals surface area (Å²) in [6.45, 7) is -0.489. The Hall–Kier alpha value is -2.00. The van der Waals surface area contributed by atoms with Crippen LogP contribution >= 0.6 is 50.9 Å². The van der Waals surface area contributed by atoms with Gasteiger partial charge in [-0.15, -0.1) is 0 Å². The maximum atomic E-state index is 12.3. The van der Waals surface area contributed by atoms with Gasteiger partial charge in [0.15, 0.2) is 11.8 Å². The summed E-state index contributed by atoms with van der Waals surface area (Å²) in [5.74, 6) is -1.09. The molecule has 0 spiro atoms. The van der Waals surface area contributed by atoms with Crippen LogP contribution in [0.5, 0.6) is 5.75 Å². The van der Waals surface area contributed by atoms with E-state index in [1.165, 1.54) is 0 Å². The van der Waals surface area contributed by atoms with E-state index in [2.05, 4.69) is 26.2 Å². The van der Waals surface area contributed by atoms with E-state index in [1.807, 2.05) is 0 Å². The van der Waals surface area contributed by atoms with Crippen molar-refractivity contribution in [3.63, 3.8) is 0 Å². The largest absolute Gasteiger partial charge is 0.481 e. The van der Waals surface area contributed by atoms with Gasteiger partial charge in [0.05, 0.1) is 20.6 Å². The topological polar surface area (TPSA) is 88.0 Å². The molecular weight excluding hydrogens is 491 g/mol. The predicted molar refractivity (Wildman–Crippen MR) is 115 cm³/mol. The smallest absolute Gasteiger partial charge is 0.341 e. The summed E-state index contributed by atoms with van der Waals surface area (Å²) < 4.78 is 6.04. The van der Waals surface area contributed by atoms with Crippen LogP contribution in [-0.4, -0.2) is 28.8 Å². The number of carboxylic acid groups (broad SMARTS) is 1. The molecule has 1 saturated heterocycles. The van der Waals surface area contributed by atoms with Crippen molar-refractivity contribution in [3.05, 3.63) is 61.4 Å². The standard InChI is InChI=1S/C18H11BrCl2N2O4S/c19-10-4-5-13(27-8-15(24)25)9(6-10)7-14-17(26)23-18(28-14)22-12-3-1-2-11(20)16(12)21/h1-7H,8H2,(H,24,25)(H,22,23,26)/b14-7+. The van der Waals surface area contributed by atoms with Gasteiger partial charge in [-0.1, -0.05) is 45.2 Å². The van der Waals surface area contributed by atoms with Crippen LogP contribution in [0.3, 0.4) is 0 Å². The molecule has 2 aromatic rings. The van der Waals surface area contributed by atoms with Crippen molar-refractivity contribution < 1.29 is 19.4 Å². The van der Waals surface area contributed by atoms with Gasteiger partial charge < -0.3 is 15.2 Å². The summed E-state index contributed by atoms with van der Waals surface area (Å²) in [6.07, 6.45) is 1.60. The number of nitrogens with zero attached hydrogens (tertiary/aromatic N) is 1. The van der Waals surface area contributed by atoms with Crippen molar-refractivity contribution in [2.45, 2.75) is 0 Å². The number of carboxylic acids is 1. The van der Waals surface area contributed by atoms with Crippen LogP contribution in [0.15, 0.2) is 50.8 Å². The van der Waals surface area contributed by atoms with E-state index in [0.717, 1.165) is 16.2 Å². The Morgan fingerprint density at radius 3 is 2.86 bits per heavy atom. The lowest BCUT2D eigenvalue weighted by Gasteiger charge is -2.08. The molecule has 0 unspecified atom stereocenters. The number of carbonyl (C=O) groups is 2. The Bertz CT molecular complexity index is 1030. The van der Waals surface area contributed by atoms with Crippen LogP contribution in [0.2, 0.25) is 10.0 Å². The monoisotopic (exact) mass is 500 g/mol. The molecule has 3 rings (SSSR count). The van der Waals surface area contributed by atoms with Crippen LogP contribution in [0.1, 0.15) is 5.56 Å². The van der Waals surface area contributed by atoms with E-state index in [1.54, 1.807) is 42.5 Å². The summed E-state index contributed by atoms with van der Waals surface area (Å²) in [4.78, 5) is 27.8. The van der Waals surface area contributed by atoms with Gasteiger partial charge in [0.25, 0.3) is 5.91 Å². The van der Waals surface area contributed by atoms with Crippen LogP contribution in [0.4, 0.5) is 5.69 Å². The fourth-order valence-electron chi connectivity index (χ4n) is 2.21. The van der Waals surface area contributed by atoms with Gasteiger partial charge in [-0.3, -0.25) is 4.79 Å². The number of nitrogens with one attached hydrogen (secondary N) is 1. The minimum absolute atomic E-state index is 0.292. The lowest BCUT2D eigenvalue weighted by Crippen LogP contribution is -2.19. The second-order valence-electron chi connectivity index (χ2n) is 5.42. The molecule has 1 fully saturated rings. The molecule has 0 aliphatic carbocycles. The molecule has 0 saturated carbocycles. The second-order valence-corrected chi connectivity index (χ2v) is 8.15. The second kappa shape index (κ2) is 9.00. The average molecular weight is 502 g/mol. The van der Waals surface area contributed by atoms with Gasteiger partial charge in [0.2, 0.25) is 0 Å². The first-order chi connectivity index (χ1) is 13.3. The molecular formula is C18H11BrCl2N2O4S. The number of halogens is 3. The molecule has 144 valence electrons. The van der Waals surface area contributed by atoms with E-state index in [0.29, 0.717) is 37.1 Å². The average Bonchev–Trinajstić information content (AvgIpc) is 2.97. The van der Waals surface area contributed by atoms with Crippen LogP contribution in [0.25, 0.3) is 6.08 Å². The number of rotatable bonds is 5. The van der Waals surface area contributed by atoms with Crippen molar-refractivity contribution in [1.29, 1.82) is 0 Å². The zero-order valence-corrected chi connectivity index (χ0v) is 17.8. The number of ether oxygens (including phenoxy) is 1. The molecule has 1 amide bonds. The summed E-state index contributed by atoms with van der Waals surface area (Å²) >= 11 is 16.6. The third kappa shape index (κ3) is 5.08. The molecule has 0 bridgehead atoms. The van der Waals surface area contributed by atoms with E-state index in [-0.39, 0.29) is 5.91 Å². The van der Waals surface area contributed by atoms with E-state index in [9.17, 15) is 9.59 Å². The van der Waals surface area contributed by atoms with Crippen molar-refractivity contribution in [2.24, 2.45) is 4.99 Å². The van der Waals surface area contributed by atoms with Crippen LogP contribution in [0, 0.1) is 0 Å². The molecule has 2 aromatic carbocycles. The van der Waals surface area contributed by atoms with Crippen molar-refractivity contribution in [3.8, 4) is 5.75 Å². The van der Waals surface area contributed by atoms with Gasteiger partial charge >= 0.3 is 5.97 Å². The van der Waals surface area contributed by atoms with E-state index < -0.39 is 12.6 Å². The lowest BCUT2D eigenvalue weighted by atomic mass is 10.2. The zero-order valence-electron chi connectivity index (χ0n) is 13.9. The molecule has 28 heavy (non-hydrogen) atoms. The fraction of sp³-hybridized carbons (Fsp3) is 0.0556. The number of hydrogen-bond acceptors (Lipinski definition) is 5. The van der Waals surface area contributed by atoms with E-state index in [4.69, 9.17) is 33.0 Å². The number of aliphatic imine (C=N–C) groups is 1. The van der Waals surface area contributed by atoms with Gasteiger partial charge in [-0.25, -0.2) is 9.79 Å². The Labute approximate surface area is 182 Å². The Kier molecular flexibility index (Phi) is 6.66. The molecule has 2 N–H and O–H groups in total. The normalized spacial score (nSPS) is 16.5. The number of carbonyl (C=O) groups excluding carboxylic acids is 1. The number of thioether (sulfide) groups is 1. The first kappa shape index (κ1) is 20.7. The lowest BCUT2D eigenvalue weighted by molar-refractivity contribution is -0.139. The first-order valence-electron chi connectivity index (χ1n) is 7.71. The maximum absolute atomic E-state index is 12.3. The van der Waals surface area contributed by atoms with Crippen molar-refractivity contribution in [1.82, 2.24) is 5.32 Å². The Morgan fingerprint density at radius 2 is 2.11 bits per heavy atom. The maximum Gasteiger partial charge on any atom is 0.341 e. The summed E-state index contributed by atoms with van der Waals surface area (Å²) in [5.41, 5.74) is 0.987. The number of amides is 1. The molecule has 1 heterocycles. The number of aliphatic carboxylic acids is 1. The quantitative estimate of drug-likeness (QED) is 0.555. The van der Waals surface area contributed by atoms with Gasteiger partial charge in [-0.05, 0) is 48.2 Å². The molecule has 10 heteroatoms. The molecule has 0 radical (unpaired) electrons. The number of benzene rings is 2. The Balaban J connectivity index is 1.89. The molecule has 1 aliphatic heterocycles. The highest BCUT2D eigenvalue weighted by Crippen LogP contribution is 2.35. The zero-order chi connectivity index (χ0) is 20.3. The third-order valence-electron chi connectivity index (χ3n) is 3.41. The Morgan fingerprint density at radius 1 is 1.32 bits per heavy atom. The minimum atomic E-state index is -1.10. The van der Waals surface area contributed by atoms with Gasteiger partial charge in [0, 0.05) is 10.0 Å². The number of amidine groups is 1. The SMILES string of the molecule is O=C(O)COc1ccc(Br)cc1/C=C1/SC(=Nc2cccc(Cl)c2Cl)NC1=O. The number of hydrogen-bond donors (Lipinski definition) is 2. The highest BCUT2D eigenvalue weighted by atomic mass is 79.9. The molecule has 6 nitrogen and oxygen atoms in total. The predicted octanol–water partition coefficient (Wildman–Crippen LogP) is 5.11. The highest BCUT2D eigenvalue weighted by molar-refractivity contribution is 9.10. The minimum Gasteiger partial charge on any atom is -0.481 e. The van der Waals surface area contributed by atoms with E-state index >= 15 is 0 Å². The third-order valence-corrected chi connectivity index (χ3v) is 5.63. The molecule has 0 aromatic heterocycles.